The molecular weight excluding hydrogens is 372 g/mol. The maximum absolute atomic E-state index is 10.1. The molecule has 0 unspecified atom stereocenters. The number of nitrogens with two attached hydrogens (primary N) is 2. The standard InChI is InChI=1S/C21H30N4.CH3F2N/c22-24-23-15-18-11-13-21(14-12-18)25(16-19-7-3-1-4-8-19)17-20-9-5-2-6-10-20;2-1(3)4/h1-10,18,21,23-24H,11-17,22H2;1H,4H2. The predicted molar refractivity (Wildman–Crippen MR) is 113 cm³/mol. The lowest BCUT2D eigenvalue weighted by Crippen LogP contribution is -2.43. The molecule has 0 aliphatic heterocycles. The van der Waals surface area contributed by atoms with Crippen molar-refractivity contribution >= 4 is 0 Å². The summed E-state index contributed by atoms with van der Waals surface area (Å²) >= 11 is 0. The Hall–Kier alpha value is -1.90. The van der Waals surface area contributed by atoms with Gasteiger partial charge in [0.25, 0.3) is 6.55 Å². The van der Waals surface area contributed by atoms with Gasteiger partial charge < -0.3 is 0 Å². The summed E-state index contributed by atoms with van der Waals surface area (Å²) in [5, 5.41) is 0. The van der Waals surface area contributed by atoms with Gasteiger partial charge in [0.2, 0.25) is 0 Å². The Bertz CT molecular complexity index is 605. The molecular formula is C22H33F2N5. The van der Waals surface area contributed by atoms with Gasteiger partial charge in [-0.2, -0.15) is 14.3 Å². The van der Waals surface area contributed by atoms with E-state index in [1.165, 1.54) is 36.8 Å². The Morgan fingerprint density at radius 2 is 1.31 bits per heavy atom. The second-order valence-electron chi connectivity index (χ2n) is 7.41. The lowest BCUT2D eigenvalue weighted by Gasteiger charge is -2.37. The van der Waals surface area contributed by atoms with Crippen molar-refractivity contribution < 1.29 is 8.78 Å². The van der Waals surface area contributed by atoms with Crippen LogP contribution in [0.15, 0.2) is 60.7 Å². The van der Waals surface area contributed by atoms with Crippen molar-refractivity contribution in [3.8, 4) is 0 Å². The van der Waals surface area contributed by atoms with Crippen LogP contribution < -0.4 is 22.5 Å². The molecule has 0 spiro atoms. The molecule has 1 saturated carbocycles. The number of benzene rings is 2. The van der Waals surface area contributed by atoms with Crippen molar-refractivity contribution in [2.75, 3.05) is 6.54 Å². The Morgan fingerprint density at radius 3 is 1.72 bits per heavy atom. The second-order valence-corrected chi connectivity index (χ2v) is 7.41. The number of nitrogens with one attached hydrogen (secondary N) is 2. The summed E-state index contributed by atoms with van der Waals surface area (Å²) in [6.45, 7) is 0.335. The molecule has 0 atom stereocenters. The zero-order valence-corrected chi connectivity index (χ0v) is 16.8. The van der Waals surface area contributed by atoms with E-state index in [2.05, 4.69) is 82.3 Å². The normalized spacial score (nSPS) is 19.1. The highest BCUT2D eigenvalue weighted by Gasteiger charge is 2.26. The van der Waals surface area contributed by atoms with Gasteiger partial charge in [-0.05, 0) is 42.7 Å². The van der Waals surface area contributed by atoms with Gasteiger partial charge in [-0.25, -0.2) is 5.43 Å². The molecule has 0 aromatic heterocycles. The zero-order chi connectivity index (χ0) is 20.9. The van der Waals surface area contributed by atoms with Gasteiger partial charge in [-0.3, -0.25) is 16.5 Å². The Balaban J connectivity index is 0.000000687. The van der Waals surface area contributed by atoms with Gasteiger partial charge in [0.05, 0.1) is 0 Å². The molecule has 3 rings (SSSR count). The van der Waals surface area contributed by atoms with E-state index in [-0.39, 0.29) is 0 Å². The third kappa shape index (κ3) is 9.43. The van der Waals surface area contributed by atoms with E-state index in [1.807, 2.05) is 0 Å². The monoisotopic (exact) mass is 405 g/mol. The number of halogens is 2. The topological polar surface area (TPSA) is 79.3 Å². The molecule has 1 aliphatic carbocycles. The van der Waals surface area contributed by atoms with E-state index in [1.54, 1.807) is 0 Å². The molecule has 0 saturated heterocycles. The van der Waals surface area contributed by atoms with E-state index in [0.29, 0.717) is 6.04 Å². The van der Waals surface area contributed by atoms with E-state index in [4.69, 9.17) is 5.84 Å². The first-order valence-corrected chi connectivity index (χ1v) is 10.1. The molecule has 1 aliphatic rings. The molecule has 2 aromatic carbocycles. The maximum Gasteiger partial charge on any atom is 0.289 e. The summed E-state index contributed by atoms with van der Waals surface area (Å²) in [6.07, 6.45) is 5.05. The maximum atomic E-state index is 10.1. The fourth-order valence-corrected chi connectivity index (χ4v) is 3.87. The summed E-state index contributed by atoms with van der Waals surface area (Å²) in [6, 6.07) is 22.3. The number of hydrogen-bond acceptors (Lipinski definition) is 5. The van der Waals surface area contributed by atoms with Crippen LogP contribution in [0.1, 0.15) is 36.8 Å². The van der Waals surface area contributed by atoms with Gasteiger partial charge in [-0.1, -0.05) is 60.7 Å². The third-order valence-electron chi connectivity index (χ3n) is 5.28. The van der Waals surface area contributed by atoms with Crippen LogP contribution in [0.4, 0.5) is 8.78 Å². The first kappa shape index (κ1) is 23.4. The Labute approximate surface area is 172 Å². The molecule has 1 fully saturated rings. The van der Waals surface area contributed by atoms with Gasteiger partial charge in [0.15, 0.2) is 0 Å². The van der Waals surface area contributed by atoms with Crippen molar-refractivity contribution in [3.05, 3.63) is 71.8 Å². The van der Waals surface area contributed by atoms with Crippen molar-refractivity contribution in [2.24, 2.45) is 17.5 Å². The molecule has 0 bridgehead atoms. The number of hydrogen-bond donors (Lipinski definition) is 4. The Morgan fingerprint density at radius 1 is 0.862 bits per heavy atom. The number of hydrazine groups is 2. The quantitative estimate of drug-likeness (QED) is 0.308. The van der Waals surface area contributed by atoms with Crippen LogP contribution >= 0.6 is 0 Å². The number of nitrogens with zero attached hydrogens (tertiary/aromatic N) is 1. The van der Waals surface area contributed by atoms with Crippen LogP contribution in [0.25, 0.3) is 0 Å². The average Bonchev–Trinajstić information content (AvgIpc) is 2.73. The molecule has 160 valence electrons. The summed E-state index contributed by atoms with van der Waals surface area (Å²) < 4.78 is 20.2. The first-order chi connectivity index (χ1) is 14.1. The highest BCUT2D eigenvalue weighted by Crippen LogP contribution is 2.29. The smallest absolute Gasteiger partial charge is 0.289 e. The summed E-state index contributed by atoms with van der Waals surface area (Å²) in [5.41, 5.74) is 12.2. The van der Waals surface area contributed by atoms with Crippen molar-refractivity contribution in [1.82, 2.24) is 15.9 Å². The van der Waals surface area contributed by atoms with Gasteiger partial charge >= 0.3 is 0 Å². The SMILES string of the molecule is NC(F)F.NNNCC1CCC(N(Cc2ccccc2)Cc2ccccc2)CC1. The minimum absolute atomic E-state index is 0.655. The molecule has 0 amide bonds. The van der Waals surface area contributed by atoms with Crippen molar-refractivity contribution in [1.29, 1.82) is 0 Å². The van der Waals surface area contributed by atoms with E-state index < -0.39 is 6.55 Å². The molecule has 6 N–H and O–H groups in total. The molecule has 29 heavy (non-hydrogen) atoms. The number of rotatable bonds is 8. The molecule has 0 radical (unpaired) electrons. The van der Waals surface area contributed by atoms with Crippen LogP contribution in [0.5, 0.6) is 0 Å². The van der Waals surface area contributed by atoms with E-state index >= 15 is 0 Å². The van der Waals surface area contributed by atoms with E-state index in [9.17, 15) is 8.78 Å². The fourth-order valence-electron chi connectivity index (χ4n) is 3.87. The van der Waals surface area contributed by atoms with Crippen molar-refractivity contribution in [2.45, 2.75) is 51.4 Å². The first-order valence-electron chi connectivity index (χ1n) is 10.1. The van der Waals surface area contributed by atoms with Gasteiger partial charge in [0, 0.05) is 25.7 Å². The minimum Gasteiger partial charge on any atom is -0.292 e. The highest BCUT2D eigenvalue weighted by molar-refractivity contribution is 5.17. The third-order valence-corrected chi connectivity index (χ3v) is 5.28. The van der Waals surface area contributed by atoms with Crippen LogP contribution in [0, 0.1) is 5.92 Å². The van der Waals surface area contributed by atoms with Crippen LogP contribution in [0.3, 0.4) is 0 Å². The van der Waals surface area contributed by atoms with Gasteiger partial charge in [0.1, 0.15) is 0 Å². The van der Waals surface area contributed by atoms with Gasteiger partial charge in [-0.15, -0.1) is 0 Å². The van der Waals surface area contributed by atoms with Crippen LogP contribution in [-0.4, -0.2) is 24.0 Å². The largest absolute Gasteiger partial charge is 0.292 e. The number of alkyl halides is 2. The molecule has 5 nitrogen and oxygen atoms in total. The molecule has 2 aromatic rings. The lowest BCUT2D eigenvalue weighted by atomic mass is 9.85. The average molecular weight is 406 g/mol. The second kappa shape index (κ2) is 13.3. The zero-order valence-electron chi connectivity index (χ0n) is 16.8. The highest BCUT2D eigenvalue weighted by atomic mass is 19.3. The predicted octanol–water partition coefficient (Wildman–Crippen LogP) is 3.38. The van der Waals surface area contributed by atoms with E-state index in [0.717, 1.165) is 25.6 Å². The van der Waals surface area contributed by atoms with Crippen molar-refractivity contribution in [3.63, 3.8) is 0 Å². The fraction of sp³-hybridized carbons (Fsp3) is 0.455. The Kier molecular flexibility index (Phi) is 10.8. The summed E-state index contributed by atoms with van der Waals surface area (Å²) in [5.74, 6) is 6.05. The van der Waals surface area contributed by atoms with Crippen LogP contribution in [-0.2, 0) is 13.1 Å². The molecule has 0 heterocycles. The lowest BCUT2D eigenvalue weighted by molar-refractivity contribution is 0.120. The summed E-state index contributed by atoms with van der Waals surface area (Å²) in [4.78, 5) is 2.66. The molecule has 7 heteroatoms. The summed E-state index contributed by atoms with van der Waals surface area (Å²) in [7, 11) is 0. The van der Waals surface area contributed by atoms with Crippen LogP contribution in [0.2, 0.25) is 0 Å². The minimum atomic E-state index is -2.67.